The molecule has 0 radical (unpaired) electrons. The molecule has 0 fully saturated rings. The molecule has 0 saturated carbocycles. The van der Waals surface area contributed by atoms with Gasteiger partial charge in [0.2, 0.25) is 5.91 Å². The number of anilines is 1. The number of amides is 1. The summed E-state index contributed by atoms with van der Waals surface area (Å²) < 4.78 is 6.05. The first-order valence-corrected chi connectivity index (χ1v) is 13.1. The predicted molar refractivity (Wildman–Crippen MR) is 141 cm³/mol. The summed E-state index contributed by atoms with van der Waals surface area (Å²) in [4.78, 5) is 24.9. The highest BCUT2D eigenvalue weighted by atomic mass is 32.2. The van der Waals surface area contributed by atoms with Crippen LogP contribution in [0.15, 0.2) is 53.6 Å². The fourth-order valence-electron chi connectivity index (χ4n) is 4.21. The number of hydrogen-bond acceptors (Lipinski definition) is 6. The van der Waals surface area contributed by atoms with Gasteiger partial charge in [0.05, 0.1) is 18.0 Å². The summed E-state index contributed by atoms with van der Waals surface area (Å²) in [6.07, 6.45) is 0.804. The SMILES string of the molecule is Cc1ccc(NC(=O)CSc2nc(-c3ccccc3)nc3sc4c(c23)CC(C)(C)OC4)c(C)c1. The summed E-state index contributed by atoms with van der Waals surface area (Å²) in [6, 6.07) is 16.0. The molecule has 0 saturated heterocycles. The summed E-state index contributed by atoms with van der Waals surface area (Å²) in [5, 5.41) is 4.98. The van der Waals surface area contributed by atoms with E-state index >= 15 is 0 Å². The van der Waals surface area contributed by atoms with Gasteiger partial charge in [0.1, 0.15) is 9.86 Å². The Labute approximate surface area is 208 Å². The number of carbonyl (C=O) groups excluding carboxylic acids is 1. The van der Waals surface area contributed by atoms with Gasteiger partial charge < -0.3 is 10.1 Å². The minimum atomic E-state index is -0.235. The highest BCUT2D eigenvalue weighted by Crippen LogP contribution is 2.42. The number of hydrogen-bond donors (Lipinski definition) is 1. The Morgan fingerprint density at radius 3 is 2.71 bits per heavy atom. The van der Waals surface area contributed by atoms with E-state index in [-0.39, 0.29) is 17.3 Å². The fraction of sp³-hybridized carbons (Fsp3) is 0.296. The summed E-state index contributed by atoms with van der Waals surface area (Å²) in [5.74, 6) is 0.917. The van der Waals surface area contributed by atoms with Crippen molar-refractivity contribution in [2.24, 2.45) is 0 Å². The molecule has 0 bridgehead atoms. The topological polar surface area (TPSA) is 64.1 Å². The van der Waals surface area contributed by atoms with Crippen molar-refractivity contribution >= 4 is 44.9 Å². The maximum Gasteiger partial charge on any atom is 0.234 e. The maximum absolute atomic E-state index is 12.9. The van der Waals surface area contributed by atoms with Crippen LogP contribution in [0.3, 0.4) is 0 Å². The molecule has 2 aromatic heterocycles. The first-order valence-electron chi connectivity index (χ1n) is 11.3. The molecule has 0 unspecified atom stereocenters. The quantitative estimate of drug-likeness (QED) is 0.254. The van der Waals surface area contributed by atoms with Crippen molar-refractivity contribution in [3.8, 4) is 11.4 Å². The van der Waals surface area contributed by atoms with E-state index in [1.807, 2.05) is 56.3 Å². The van der Waals surface area contributed by atoms with Crippen LogP contribution in [-0.2, 0) is 22.6 Å². The number of aryl methyl sites for hydroxylation is 2. The van der Waals surface area contributed by atoms with E-state index in [9.17, 15) is 4.79 Å². The number of fused-ring (bicyclic) bond motifs is 3. The Bertz CT molecular complexity index is 1380. The smallest absolute Gasteiger partial charge is 0.234 e. The number of aromatic nitrogens is 2. The predicted octanol–water partition coefficient (Wildman–Crippen LogP) is 6.56. The first-order chi connectivity index (χ1) is 16.3. The van der Waals surface area contributed by atoms with E-state index in [0.717, 1.165) is 38.5 Å². The molecule has 1 aliphatic rings. The largest absolute Gasteiger partial charge is 0.370 e. The van der Waals surface area contributed by atoms with Crippen molar-refractivity contribution in [1.82, 2.24) is 9.97 Å². The average molecular weight is 490 g/mol. The molecular formula is C27H27N3O2S2. The number of carbonyl (C=O) groups is 1. The summed E-state index contributed by atoms with van der Waals surface area (Å²) in [6.45, 7) is 8.87. The van der Waals surface area contributed by atoms with Gasteiger partial charge in [-0.05, 0) is 44.9 Å². The zero-order valence-corrected chi connectivity index (χ0v) is 21.4. The molecule has 1 aliphatic heterocycles. The van der Waals surface area contributed by atoms with E-state index in [1.165, 1.54) is 27.8 Å². The van der Waals surface area contributed by atoms with Gasteiger partial charge in [-0.3, -0.25) is 4.79 Å². The lowest BCUT2D eigenvalue weighted by atomic mass is 9.94. The van der Waals surface area contributed by atoms with Crippen LogP contribution in [0.1, 0.15) is 35.4 Å². The molecule has 4 aromatic rings. The molecule has 0 atom stereocenters. The highest BCUT2D eigenvalue weighted by Gasteiger charge is 2.31. The molecule has 0 aliphatic carbocycles. The van der Waals surface area contributed by atoms with Gasteiger partial charge in [-0.2, -0.15) is 0 Å². The molecule has 1 amide bonds. The minimum absolute atomic E-state index is 0.0438. The summed E-state index contributed by atoms with van der Waals surface area (Å²) >= 11 is 3.15. The van der Waals surface area contributed by atoms with Gasteiger partial charge in [-0.15, -0.1) is 11.3 Å². The minimum Gasteiger partial charge on any atom is -0.370 e. The lowest BCUT2D eigenvalue weighted by Gasteiger charge is -2.30. The second kappa shape index (κ2) is 9.13. The van der Waals surface area contributed by atoms with Crippen molar-refractivity contribution in [2.75, 3.05) is 11.1 Å². The van der Waals surface area contributed by atoms with Crippen molar-refractivity contribution < 1.29 is 9.53 Å². The molecule has 5 nitrogen and oxygen atoms in total. The highest BCUT2D eigenvalue weighted by molar-refractivity contribution is 8.00. The normalized spacial score (nSPS) is 14.7. The molecule has 2 aromatic carbocycles. The van der Waals surface area contributed by atoms with Crippen LogP contribution in [0.25, 0.3) is 21.6 Å². The van der Waals surface area contributed by atoms with E-state index in [2.05, 4.69) is 25.2 Å². The van der Waals surface area contributed by atoms with Crippen LogP contribution in [0.5, 0.6) is 0 Å². The number of benzene rings is 2. The maximum atomic E-state index is 12.9. The van der Waals surface area contributed by atoms with Crippen LogP contribution < -0.4 is 5.32 Å². The average Bonchev–Trinajstić information content (AvgIpc) is 3.16. The third kappa shape index (κ3) is 4.73. The second-order valence-corrected chi connectivity index (χ2v) is 11.3. The lowest BCUT2D eigenvalue weighted by Crippen LogP contribution is -2.31. The van der Waals surface area contributed by atoms with Gasteiger partial charge in [0.25, 0.3) is 0 Å². The van der Waals surface area contributed by atoms with Gasteiger partial charge >= 0.3 is 0 Å². The standard InChI is InChI=1S/C27H27N3O2S2/c1-16-10-11-20(17(2)12-16)28-22(31)15-33-25-23-19-13-27(3,4)32-14-21(19)34-26(23)30-24(29-25)18-8-6-5-7-9-18/h5-12H,13-15H2,1-4H3,(H,28,31). The van der Waals surface area contributed by atoms with E-state index < -0.39 is 0 Å². The Kier molecular flexibility index (Phi) is 6.18. The molecule has 1 N–H and O–H groups in total. The van der Waals surface area contributed by atoms with E-state index in [1.54, 1.807) is 11.3 Å². The third-order valence-corrected chi connectivity index (χ3v) is 8.00. The monoisotopic (exact) mass is 489 g/mol. The zero-order valence-electron chi connectivity index (χ0n) is 19.8. The van der Waals surface area contributed by atoms with Crippen LogP contribution in [0, 0.1) is 13.8 Å². The van der Waals surface area contributed by atoms with Crippen LogP contribution in [0.2, 0.25) is 0 Å². The van der Waals surface area contributed by atoms with Crippen LogP contribution >= 0.6 is 23.1 Å². The van der Waals surface area contributed by atoms with Gasteiger partial charge in [0, 0.05) is 27.9 Å². The summed E-state index contributed by atoms with van der Waals surface area (Å²) in [7, 11) is 0. The Hall–Kier alpha value is -2.74. The fourth-order valence-corrected chi connectivity index (χ4v) is 6.23. The number of thiophene rings is 1. The molecule has 5 rings (SSSR count). The number of nitrogens with one attached hydrogen (secondary N) is 1. The Morgan fingerprint density at radius 1 is 1.15 bits per heavy atom. The van der Waals surface area contributed by atoms with E-state index in [4.69, 9.17) is 14.7 Å². The second-order valence-electron chi connectivity index (χ2n) is 9.28. The Balaban J connectivity index is 1.49. The van der Waals surface area contributed by atoms with Gasteiger partial charge in [-0.25, -0.2) is 9.97 Å². The molecule has 174 valence electrons. The van der Waals surface area contributed by atoms with Crippen molar-refractivity contribution in [3.63, 3.8) is 0 Å². The number of nitrogens with zero attached hydrogens (tertiary/aromatic N) is 2. The number of rotatable bonds is 5. The third-order valence-electron chi connectivity index (χ3n) is 5.93. The number of thioether (sulfide) groups is 1. The van der Waals surface area contributed by atoms with Gasteiger partial charge in [-0.1, -0.05) is 59.8 Å². The molecule has 3 heterocycles. The lowest BCUT2D eigenvalue weighted by molar-refractivity contribution is -0.113. The van der Waals surface area contributed by atoms with Gasteiger partial charge in [0.15, 0.2) is 5.82 Å². The van der Waals surface area contributed by atoms with Crippen molar-refractivity contribution in [3.05, 3.63) is 70.1 Å². The molecule has 7 heteroatoms. The molecule has 34 heavy (non-hydrogen) atoms. The number of ether oxygens (including phenoxy) is 1. The Morgan fingerprint density at radius 2 is 1.94 bits per heavy atom. The first kappa shape index (κ1) is 23.0. The molecular weight excluding hydrogens is 462 g/mol. The zero-order chi connectivity index (χ0) is 23.9. The van der Waals surface area contributed by atoms with E-state index in [0.29, 0.717) is 12.4 Å². The van der Waals surface area contributed by atoms with Crippen LogP contribution in [-0.4, -0.2) is 27.2 Å². The van der Waals surface area contributed by atoms with Crippen molar-refractivity contribution in [2.45, 2.75) is 51.3 Å². The van der Waals surface area contributed by atoms with Crippen LogP contribution in [0.4, 0.5) is 5.69 Å². The summed E-state index contributed by atoms with van der Waals surface area (Å²) in [5.41, 5.74) is 5.07. The van der Waals surface area contributed by atoms with Crippen molar-refractivity contribution in [1.29, 1.82) is 0 Å². The molecule has 0 spiro atoms.